The summed E-state index contributed by atoms with van der Waals surface area (Å²) >= 11 is 5.79. The predicted molar refractivity (Wildman–Crippen MR) is 105 cm³/mol. The van der Waals surface area contributed by atoms with Gasteiger partial charge in [0, 0.05) is 42.3 Å². The number of piperazine rings is 1. The van der Waals surface area contributed by atoms with Gasteiger partial charge in [-0.1, -0.05) is 23.7 Å². The lowest BCUT2D eigenvalue weighted by Crippen LogP contribution is -2.55. The Labute approximate surface area is 167 Å². The molecule has 4 rings (SSSR count). The number of hydrogen-bond donors (Lipinski definition) is 1. The molecule has 7 heteroatoms. The Morgan fingerprint density at radius 1 is 0.964 bits per heavy atom. The van der Waals surface area contributed by atoms with Crippen LogP contribution in [0.2, 0.25) is 5.02 Å². The van der Waals surface area contributed by atoms with Crippen molar-refractivity contribution in [2.75, 3.05) is 26.2 Å². The van der Waals surface area contributed by atoms with Gasteiger partial charge < -0.3 is 15.5 Å². The van der Waals surface area contributed by atoms with E-state index in [1.807, 2.05) is 0 Å². The molecular weight excluding hydrogens is 381 g/mol. The van der Waals surface area contributed by atoms with Crippen molar-refractivity contribution in [2.24, 2.45) is 5.73 Å². The van der Waals surface area contributed by atoms with Crippen LogP contribution in [-0.4, -0.2) is 53.3 Å². The first kappa shape index (κ1) is 18.9. The van der Waals surface area contributed by atoms with Crippen LogP contribution in [0.3, 0.4) is 0 Å². The number of halogens is 2. The predicted octanol–water partition coefficient (Wildman–Crippen LogP) is 2.92. The number of nitrogens with zero attached hydrogens (tertiary/aromatic N) is 2. The van der Waals surface area contributed by atoms with Crippen LogP contribution in [0.4, 0.5) is 4.39 Å². The molecule has 146 valence electrons. The lowest BCUT2D eigenvalue weighted by molar-refractivity contribution is -0.135. The van der Waals surface area contributed by atoms with Crippen LogP contribution < -0.4 is 5.73 Å². The topological polar surface area (TPSA) is 66.6 Å². The number of nitrogens with two attached hydrogens (primary N) is 1. The van der Waals surface area contributed by atoms with Gasteiger partial charge in [-0.3, -0.25) is 9.59 Å². The Morgan fingerprint density at radius 3 is 2.14 bits per heavy atom. The van der Waals surface area contributed by atoms with Crippen LogP contribution in [0.15, 0.2) is 42.5 Å². The smallest absolute Gasteiger partial charge is 0.253 e. The second kappa shape index (κ2) is 7.18. The van der Waals surface area contributed by atoms with Gasteiger partial charge in [0.25, 0.3) is 5.91 Å². The second-order valence-electron chi connectivity index (χ2n) is 7.44. The molecular formula is C21H21ClFN3O2. The van der Waals surface area contributed by atoms with Gasteiger partial charge in [-0.25, -0.2) is 4.39 Å². The fraction of sp³-hybridized carbons (Fsp3) is 0.333. The van der Waals surface area contributed by atoms with Crippen molar-refractivity contribution < 1.29 is 14.0 Å². The monoisotopic (exact) mass is 401 g/mol. The zero-order chi connectivity index (χ0) is 19.9. The van der Waals surface area contributed by atoms with Crippen LogP contribution in [0.25, 0.3) is 11.1 Å². The maximum absolute atomic E-state index is 14.1. The van der Waals surface area contributed by atoms with E-state index >= 15 is 0 Å². The highest BCUT2D eigenvalue weighted by molar-refractivity contribution is 6.30. The van der Waals surface area contributed by atoms with E-state index in [9.17, 15) is 14.0 Å². The van der Waals surface area contributed by atoms with Crippen molar-refractivity contribution in [3.05, 3.63) is 58.9 Å². The van der Waals surface area contributed by atoms with E-state index in [1.54, 1.807) is 46.2 Å². The summed E-state index contributed by atoms with van der Waals surface area (Å²) < 4.78 is 14.1. The minimum Gasteiger partial charge on any atom is -0.338 e. The summed E-state index contributed by atoms with van der Waals surface area (Å²) in [6.07, 6.45) is 1.48. The number of hydrogen-bond acceptors (Lipinski definition) is 3. The van der Waals surface area contributed by atoms with E-state index in [-0.39, 0.29) is 11.8 Å². The van der Waals surface area contributed by atoms with E-state index in [4.69, 9.17) is 17.3 Å². The molecule has 1 heterocycles. The lowest BCUT2D eigenvalue weighted by atomic mass is 10.0. The third kappa shape index (κ3) is 3.62. The molecule has 2 fully saturated rings. The molecule has 0 radical (unpaired) electrons. The highest BCUT2D eigenvalue weighted by Crippen LogP contribution is 2.34. The Kier molecular flexibility index (Phi) is 4.85. The normalized spacial score (nSPS) is 18.1. The quantitative estimate of drug-likeness (QED) is 0.859. The highest BCUT2D eigenvalue weighted by atomic mass is 35.5. The number of amides is 2. The van der Waals surface area contributed by atoms with Gasteiger partial charge in [0.05, 0.1) is 5.54 Å². The summed E-state index contributed by atoms with van der Waals surface area (Å²) in [4.78, 5) is 28.5. The van der Waals surface area contributed by atoms with Crippen LogP contribution in [0, 0.1) is 5.82 Å². The maximum atomic E-state index is 14.1. The van der Waals surface area contributed by atoms with E-state index in [0.717, 1.165) is 12.8 Å². The number of carbonyl (C=O) groups excluding carboxylic acids is 2. The van der Waals surface area contributed by atoms with Crippen molar-refractivity contribution in [3.63, 3.8) is 0 Å². The molecule has 0 spiro atoms. The van der Waals surface area contributed by atoms with Crippen LogP contribution >= 0.6 is 11.6 Å². The largest absolute Gasteiger partial charge is 0.338 e. The minimum atomic E-state index is -0.668. The maximum Gasteiger partial charge on any atom is 0.253 e. The van der Waals surface area contributed by atoms with Gasteiger partial charge in [-0.05, 0) is 48.7 Å². The molecule has 0 aromatic heterocycles. The van der Waals surface area contributed by atoms with Gasteiger partial charge in [0.15, 0.2) is 0 Å². The van der Waals surface area contributed by atoms with Crippen molar-refractivity contribution in [1.29, 1.82) is 0 Å². The standard InChI is InChI=1S/C21H21ClFN3O2/c22-16-5-6-17(18(23)13-16)14-1-3-15(4-2-14)19(27)25-9-11-26(12-10-25)20(28)21(24)7-8-21/h1-6,13H,7-12,24H2. The van der Waals surface area contributed by atoms with Gasteiger partial charge in [0.2, 0.25) is 5.91 Å². The molecule has 0 unspecified atom stereocenters. The summed E-state index contributed by atoms with van der Waals surface area (Å²) in [7, 11) is 0. The van der Waals surface area contributed by atoms with Crippen LogP contribution in [-0.2, 0) is 4.79 Å². The minimum absolute atomic E-state index is 0.00561. The van der Waals surface area contributed by atoms with E-state index in [2.05, 4.69) is 0 Å². The zero-order valence-corrected chi connectivity index (χ0v) is 16.1. The fourth-order valence-corrected chi connectivity index (χ4v) is 3.63. The first-order valence-corrected chi connectivity index (χ1v) is 9.68. The Hall–Kier alpha value is -2.44. The first-order valence-electron chi connectivity index (χ1n) is 9.30. The molecule has 28 heavy (non-hydrogen) atoms. The van der Waals surface area contributed by atoms with E-state index in [0.29, 0.717) is 47.9 Å². The molecule has 1 aliphatic carbocycles. The summed E-state index contributed by atoms with van der Waals surface area (Å²) in [6.45, 7) is 1.96. The molecule has 0 bridgehead atoms. The summed E-state index contributed by atoms with van der Waals surface area (Å²) in [5.41, 5.74) is 6.97. The van der Waals surface area contributed by atoms with Crippen molar-refractivity contribution in [1.82, 2.24) is 9.80 Å². The lowest BCUT2D eigenvalue weighted by Gasteiger charge is -2.36. The SMILES string of the molecule is NC1(C(=O)N2CCN(C(=O)c3ccc(-c4ccc(Cl)cc4F)cc3)CC2)CC1. The number of benzene rings is 2. The molecule has 2 aromatic carbocycles. The van der Waals surface area contributed by atoms with Gasteiger partial charge >= 0.3 is 0 Å². The summed E-state index contributed by atoms with van der Waals surface area (Å²) in [5, 5.41) is 0.341. The van der Waals surface area contributed by atoms with Crippen LogP contribution in [0.5, 0.6) is 0 Å². The molecule has 2 amide bonds. The zero-order valence-electron chi connectivity index (χ0n) is 15.3. The number of rotatable bonds is 3. The van der Waals surface area contributed by atoms with E-state index in [1.165, 1.54) is 6.07 Å². The van der Waals surface area contributed by atoms with Gasteiger partial charge in [0.1, 0.15) is 5.82 Å². The van der Waals surface area contributed by atoms with Crippen molar-refractivity contribution in [2.45, 2.75) is 18.4 Å². The first-order chi connectivity index (χ1) is 13.4. The average molecular weight is 402 g/mol. The molecule has 0 atom stereocenters. The van der Waals surface area contributed by atoms with Crippen molar-refractivity contribution >= 4 is 23.4 Å². The average Bonchev–Trinajstić information content (AvgIpc) is 3.46. The summed E-state index contributed by atoms with van der Waals surface area (Å²) in [6, 6.07) is 11.4. The summed E-state index contributed by atoms with van der Waals surface area (Å²) in [5.74, 6) is -0.501. The molecule has 2 aromatic rings. The van der Waals surface area contributed by atoms with Gasteiger partial charge in [-0.2, -0.15) is 0 Å². The second-order valence-corrected chi connectivity index (χ2v) is 7.88. The Balaban J connectivity index is 1.41. The Bertz CT molecular complexity index is 920. The molecule has 2 aliphatic rings. The molecule has 1 saturated carbocycles. The molecule has 2 N–H and O–H groups in total. The van der Waals surface area contributed by atoms with E-state index < -0.39 is 11.4 Å². The Morgan fingerprint density at radius 2 is 1.57 bits per heavy atom. The van der Waals surface area contributed by atoms with Crippen molar-refractivity contribution in [3.8, 4) is 11.1 Å². The third-order valence-corrected chi connectivity index (χ3v) is 5.68. The van der Waals surface area contributed by atoms with Gasteiger partial charge in [-0.15, -0.1) is 0 Å². The fourth-order valence-electron chi connectivity index (χ4n) is 3.47. The molecule has 5 nitrogen and oxygen atoms in total. The molecule has 1 aliphatic heterocycles. The third-order valence-electron chi connectivity index (χ3n) is 5.44. The highest BCUT2D eigenvalue weighted by Gasteiger charge is 2.48. The number of carbonyl (C=O) groups is 2. The molecule has 1 saturated heterocycles. The van der Waals surface area contributed by atoms with Crippen LogP contribution in [0.1, 0.15) is 23.2 Å².